The van der Waals surface area contributed by atoms with Crippen molar-refractivity contribution in [3.8, 4) is 5.75 Å². The van der Waals surface area contributed by atoms with E-state index in [1.807, 2.05) is 6.07 Å². The number of halogens is 1. The molecule has 0 spiro atoms. The van der Waals surface area contributed by atoms with Gasteiger partial charge in [0.1, 0.15) is 5.75 Å². The summed E-state index contributed by atoms with van der Waals surface area (Å²) in [4.78, 5) is 18.8. The number of hydrogen-bond acceptors (Lipinski definition) is 5. The smallest absolute Gasteiger partial charge is 0.337 e. The average molecular weight is 477 g/mol. The fourth-order valence-electron chi connectivity index (χ4n) is 5.33. The fraction of sp³-hybridized carbons (Fsp3) is 0.522. The van der Waals surface area contributed by atoms with E-state index in [1.165, 1.54) is 18.4 Å². The Morgan fingerprint density at radius 3 is 2.80 bits per heavy atom. The van der Waals surface area contributed by atoms with Crippen LogP contribution in [0.1, 0.15) is 37.1 Å². The second-order valence-electron chi connectivity index (χ2n) is 8.09. The highest BCUT2D eigenvalue weighted by atomic mass is 79.9. The number of nitrogens with one attached hydrogen (secondary N) is 1. The number of esters is 1. The van der Waals surface area contributed by atoms with Crippen LogP contribution in [-0.4, -0.2) is 50.3 Å². The Balaban J connectivity index is 1.78. The predicted molar refractivity (Wildman–Crippen MR) is 120 cm³/mol. The number of fused-ring (bicyclic) bond motifs is 5. The zero-order valence-corrected chi connectivity index (χ0v) is 19.5. The van der Waals surface area contributed by atoms with Crippen LogP contribution in [0.15, 0.2) is 28.4 Å². The molecule has 4 rings (SSSR count). The van der Waals surface area contributed by atoms with Gasteiger partial charge in [-0.1, -0.05) is 13.3 Å². The number of nitrogens with zero attached hydrogens (tertiary/aromatic N) is 1. The maximum atomic E-state index is 12.5. The molecular formula is C23H29BrN2O4. The summed E-state index contributed by atoms with van der Waals surface area (Å²) in [5.74, 6) is 1.06. The molecule has 30 heavy (non-hydrogen) atoms. The zero-order chi connectivity index (χ0) is 21.4. The SMILES string of the molecule is CC[C@@H]1CN2CCc3c([nH]c4ccc(Br)c(OC)c34)C2C[C@@H]1/C(=C\OC)C(=O)OC. The van der Waals surface area contributed by atoms with Crippen molar-refractivity contribution in [1.82, 2.24) is 9.88 Å². The number of carbonyl (C=O) groups is 1. The molecule has 7 heteroatoms. The van der Waals surface area contributed by atoms with E-state index >= 15 is 0 Å². The fourth-order valence-corrected chi connectivity index (χ4v) is 5.82. The first-order chi connectivity index (χ1) is 14.5. The van der Waals surface area contributed by atoms with Crippen molar-refractivity contribution in [3.63, 3.8) is 0 Å². The number of H-pyrrole nitrogens is 1. The van der Waals surface area contributed by atoms with E-state index in [4.69, 9.17) is 14.2 Å². The summed E-state index contributed by atoms with van der Waals surface area (Å²) in [5.41, 5.74) is 4.30. The van der Waals surface area contributed by atoms with Gasteiger partial charge in [-0.2, -0.15) is 0 Å². The Morgan fingerprint density at radius 1 is 1.33 bits per heavy atom. The van der Waals surface area contributed by atoms with Gasteiger partial charge in [0.25, 0.3) is 0 Å². The van der Waals surface area contributed by atoms with Crippen LogP contribution in [0.5, 0.6) is 5.75 Å². The van der Waals surface area contributed by atoms with Crippen molar-refractivity contribution in [2.45, 2.75) is 32.2 Å². The molecule has 0 radical (unpaired) electrons. The molecule has 1 fully saturated rings. The van der Waals surface area contributed by atoms with Crippen molar-refractivity contribution in [1.29, 1.82) is 0 Å². The molecule has 2 aliphatic heterocycles. The van der Waals surface area contributed by atoms with Gasteiger partial charge in [-0.25, -0.2) is 4.79 Å². The lowest BCUT2D eigenvalue weighted by Gasteiger charge is -2.46. The monoisotopic (exact) mass is 476 g/mol. The summed E-state index contributed by atoms with van der Waals surface area (Å²) in [5, 5.41) is 1.16. The van der Waals surface area contributed by atoms with Crippen LogP contribution in [0.2, 0.25) is 0 Å². The highest BCUT2D eigenvalue weighted by molar-refractivity contribution is 9.10. The summed E-state index contributed by atoms with van der Waals surface area (Å²) < 4.78 is 17.0. The third-order valence-electron chi connectivity index (χ3n) is 6.74. The van der Waals surface area contributed by atoms with E-state index in [0.29, 0.717) is 11.5 Å². The first-order valence-electron chi connectivity index (χ1n) is 10.5. The molecule has 1 aromatic carbocycles. The molecular weight excluding hydrogens is 448 g/mol. The number of benzene rings is 1. The number of piperidine rings is 1. The van der Waals surface area contributed by atoms with Gasteiger partial charge in [0.2, 0.25) is 0 Å². The molecule has 1 N–H and O–H groups in total. The van der Waals surface area contributed by atoms with Gasteiger partial charge in [0.15, 0.2) is 0 Å². The van der Waals surface area contributed by atoms with Crippen LogP contribution in [-0.2, 0) is 20.7 Å². The van der Waals surface area contributed by atoms with Crippen LogP contribution in [0.4, 0.5) is 0 Å². The molecule has 1 unspecified atom stereocenters. The third-order valence-corrected chi connectivity index (χ3v) is 7.36. The van der Waals surface area contributed by atoms with Crippen molar-refractivity contribution >= 4 is 32.8 Å². The summed E-state index contributed by atoms with van der Waals surface area (Å²) in [6.07, 6.45) is 4.42. The maximum Gasteiger partial charge on any atom is 0.337 e. The van der Waals surface area contributed by atoms with Gasteiger partial charge >= 0.3 is 5.97 Å². The highest BCUT2D eigenvalue weighted by Crippen LogP contribution is 2.48. The Kier molecular flexibility index (Phi) is 6.11. The van der Waals surface area contributed by atoms with Gasteiger partial charge in [-0.05, 0) is 58.3 Å². The molecule has 0 amide bonds. The van der Waals surface area contributed by atoms with Gasteiger partial charge in [-0.15, -0.1) is 0 Å². The summed E-state index contributed by atoms with van der Waals surface area (Å²) in [6, 6.07) is 4.35. The minimum atomic E-state index is -0.299. The largest absolute Gasteiger partial charge is 0.504 e. The number of ether oxygens (including phenoxy) is 3. The Bertz CT molecular complexity index is 983. The zero-order valence-electron chi connectivity index (χ0n) is 18.0. The molecule has 3 atom stereocenters. The highest BCUT2D eigenvalue weighted by Gasteiger charge is 2.42. The number of carbonyl (C=O) groups excluding carboxylic acids is 1. The van der Waals surface area contributed by atoms with Crippen LogP contribution < -0.4 is 4.74 Å². The molecule has 2 aliphatic rings. The van der Waals surface area contributed by atoms with E-state index in [0.717, 1.165) is 53.5 Å². The lowest BCUT2D eigenvalue weighted by atomic mass is 9.74. The van der Waals surface area contributed by atoms with Crippen molar-refractivity contribution < 1.29 is 19.0 Å². The first kappa shape index (κ1) is 21.2. The van der Waals surface area contributed by atoms with Crippen LogP contribution in [0.25, 0.3) is 10.9 Å². The normalized spacial score (nSPS) is 24.3. The van der Waals surface area contributed by atoms with Crippen molar-refractivity contribution in [2.24, 2.45) is 11.8 Å². The third kappa shape index (κ3) is 3.42. The minimum Gasteiger partial charge on any atom is -0.504 e. The van der Waals surface area contributed by atoms with Gasteiger partial charge in [-0.3, -0.25) is 4.90 Å². The quantitative estimate of drug-likeness (QED) is 0.388. The lowest BCUT2D eigenvalue weighted by Crippen LogP contribution is -2.47. The second-order valence-corrected chi connectivity index (χ2v) is 8.95. The van der Waals surface area contributed by atoms with Gasteiger partial charge < -0.3 is 19.2 Å². The Labute approximate surface area is 185 Å². The van der Waals surface area contributed by atoms with Crippen LogP contribution in [0.3, 0.4) is 0 Å². The topological polar surface area (TPSA) is 63.8 Å². The number of aromatic amines is 1. The lowest BCUT2D eigenvalue weighted by molar-refractivity contribution is -0.137. The Morgan fingerprint density at radius 2 is 2.13 bits per heavy atom. The summed E-state index contributed by atoms with van der Waals surface area (Å²) in [7, 11) is 4.73. The van der Waals surface area contributed by atoms with Crippen molar-refractivity contribution in [3.05, 3.63) is 39.7 Å². The molecule has 0 bridgehead atoms. The molecule has 1 aromatic heterocycles. The van der Waals surface area contributed by atoms with Crippen molar-refractivity contribution in [2.75, 3.05) is 34.4 Å². The predicted octanol–water partition coefficient (Wildman–Crippen LogP) is 4.59. The van der Waals surface area contributed by atoms with E-state index in [1.54, 1.807) is 20.5 Å². The molecule has 0 saturated carbocycles. The van der Waals surface area contributed by atoms with Gasteiger partial charge in [0.05, 0.1) is 43.7 Å². The molecule has 162 valence electrons. The summed E-state index contributed by atoms with van der Waals surface area (Å²) in [6.45, 7) is 4.16. The molecule has 3 heterocycles. The standard InChI is InChI=1S/C23H29BrN2O4/c1-5-13-11-26-9-8-14-20-18(7-6-17(24)22(20)29-3)25-21(14)19(26)10-15(13)16(12-28-2)23(27)30-4/h6-7,12-13,15,19,25H,5,8-11H2,1-4H3/b16-12+/t13-,15+,19?/m1/s1. The first-order valence-corrected chi connectivity index (χ1v) is 11.2. The van der Waals surface area contributed by atoms with E-state index in [2.05, 4.69) is 38.8 Å². The molecule has 0 aliphatic carbocycles. The average Bonchev–Trinajstić information content (AvgIpc) is 3.15. The van der Waals surface area contributed by atoms with Crippen LogP contribution in [0, 0.1) is 11.8 Å². The van der Waals surface area contributed by atoms with E-state index in [9.17, 15) is 4.79 Å². The number of aromatic nitrogens is 1. The minimum absolute atomic E-state index is 0.0923. The number of methoxy groups -OCH3 is 3. The van der Waals surface area contributed by atoms with Gasteiger partial charge in [0, 0.05) is 29.7 Å². The molecule has 2 aromatic rings. The molecule has 6 nitrogen and oxygen atoms in total. The Hall–Kier alpha value is -1.99. The van der Waals surface area contributed by atoms with E-state index < -0.39 is 0 Å². The molecule has 1 saturated heterocycles. The number of hydrogen-bond donors (Lipinski definition) is 1. The maximum absolute atomic E-state index is 12.5. The van der Waals surface area contributed by atoms with Crippen LogP contribution >= 0.6 is 15.9 Å². The summed E-state index contributed by atoms with van der Waals surface area (Å²) >= 11 is 3.62. The number of rotatable bonds is 5. The second kappa shape index (κ2) is 8.63. The van der Waals surface area contributed by atoms with E-state index in [-0.39, 0.29) is 17.9 Å².